The molecule has 3 aliphatic rings. The number of hydrogen-bond donors (Lipinski definition) is 1. The van der Waals surface area contributed by atoms with Crippen molar-refractivity contribution in [3.63, 3.8) is 0 Å². The molecular weight excluding hydrogens is 446 g/mol. The number of sulfone groups is 1. The molecule has 10 nitrogen and oxygen atoms in total. The molecule has 31 heavy (non-hydrogen) atoms. The molecule has 12 heteroatoms. The Hall–Kier alpha value is -2.47. The van der Waals surface area contributed by atoms with E-state index in [-0.39, 0.29) is 36.1 Å². The highest BCUT2D eigenvalue weighted by molar-refractivity contribution is 8.16. The lowest BCUT2D eigenvalue weighted by Crippen LogP contribution is -2.38. The Labute approximate surface area is 184 Å². The van der Waals surface area contributed by atoms with E-state index in [0.717, 1.165) is 0 Å². The van der Waals surface area contributed by atoms with Gasteiger partial charge in [0.1, 0.15) is 12.1 Å². The van der Waals surface area contributed by atoms with Crippen LogP contribution in [0.5, 0.6) is 11.5 Å². The molecule has 2 amide bonds. The van der Waals surface area contributed by atoms with Crippen molar-refractivity contribution in [3.05, 3.63) is 18.2 Å². The van der Waals surface area contributed by atoms with Gasteiger partial charge < -0.3 is 24.4 Å². The van der Waals surface area contributed by atoms with Crippen LogP contribution in [0.4, 0.5) is 10.5 Å². The Morgan fingerprint density at radius 1 is 1.26 bits per heavy atom. The number of hydrogen-bond acceptors (Lipinski definition) is 8. The van der Waals surface area contributed by atoms with Gasteiger partial charge in [-0.2, -0.15) is 4.99 Å². The number of amides is 2. The Bertz CT molecular complexity index is 1050. The van der Waals surface area contributed by atoms with E-state index >= 15 is 0 Å². The fourth-order valence-electron chi connectivity index (χ4n) is 3.51. The maximum atomic E-state index is 12.4. The van der Waals surface area contributed by atoms with Gasteiger partial charge in [-0.25, -0.2) is 13.2 Å². The van der Waals surface area contributed by atoms with Gasteiger partial charge in [-0.1, -0.05) is 11.8 Å². The normalized spacial score (nSPS) is 24.9. The molecule has 2 saturated heterocycles. The number of rotatable bonds is 3. The summed E-state index contributed by atoms with van der Waals surface area (Å²) in [5.41, 5.74) is -0.0209. The highest BCUT2D eigenvalue weighted by atomic mass is 32.2. The Kier molecular flexibility index (Phi) is 5.54. The van der Waals surface area contributed by atoms with Gasteiger partial charge in [0, 0.05) is 17.0 Å². The maximum Gasteiger partial charge on any atom is 0.408 e. The summed E-state index contributed by atoms with van der Waals surface area (Å²) in [5.74, 6) is 0.572. The van der Waals surface area contributed by atoms with E-state index in [1.165, 1.54) is 11.8 Å². The second-order valence-corrected chi connectivity index (χ2v) is 11.7. The molecule has 1 aromatic rings. The van der Waals surface area contributed by atoms with Gasteiger partial charge in [-0.15, -0.1) is 0 Å². The topological polar surface area (TPSA) is 124 Å². The van der Waals surface area contributed by atoms with Crippen molar-refractivity contribution in [2.45, 2.75) is 37.7 Å². The summed E-state index contributed by atoms with van der Waals surface area (Å²) in [4.78, 5) is 30.1. The van der Waals surface area contributed by atoms with Gasteiger partial charge in [0.2, 0.25) is 6.79 Å². The molecule has 0 bridgehead atoms. The van der Waals surface area contributed by atoms with Gasteiger partial charge in [0.05, 0.1) is 17.5 Å². The van der Waals surface area contributed by atoms with E-state index < -0.39 is 27.4 Å². The molecule has 2 atom stereocenters. The summed E-state index contributed by atoms with van der Waals surface area (Å²) in [7, 11) is -3.18. The van der Waals surface area contributed by atoms with E-state index in [1.807, 2.05) is 0 Å². The van der Waals surface area contributed by atoms with E-state index in [4.69, 9.17) is 14.2 Å². The number of ether oxygens (including phenoxy) is 3. The molecule has 1 aromatic carbocycles. The first kappa shape index (κ1) is 21.8. The van der Waals surface area contributed by atoms with Gasteiger partial charge in [-0.3, -0.25) is 4.79 Å². The van der Waals surface area contributed by atoms with Crippen molar-refractivity contribution in [2.24, 2.45) is 4.99 Å². The summed E-state index contributed by atoms with van der Waals surface area (Å²) in [6.45, 7) is 4.95. The lowest BCUT2D eigenvalue weighted by atomic mass is 10.2. The first-order chi connectivity index (χ1) is 14.5. The maximum absolute atomic E-state index is 12.4. The Morgan fingerprint density at radius 2 is 2.00 bits per heavy atom. The summed E-state index contributed by atoms with van der Waals surface area (Å²) in [6, 6.07) is 4.92. The number of nitrogens with zero attached hydrogens (tertiary/aromatic N) is 2. The predicted molar refractivity (Wildman–Crippen MR) is 116 cm³/mol. The van der Waals surface area contributed by atoms with Crippen LogP contribution in [0.3, 0.4) is 0 Å². The number of aliphatic imine (C=N–C) groups is 1. The summed E-state index contributed by atoms with van der Waals surface area (Å²) < 4.78 is 40.2. The average molecular weight is 470 g/mol. The zero-order chi connectivity index (χ0) is 22.4. The SMILES string of the molecule is CC(C)(C)OC(=O)NCC(=O)N=C1S[C@H]2CS(=O)(=O)C[C@@H]2N1c1ccc2c(c1)OCO2. The second-order valence-electron chi connectivity index (χ2n) is 8.35. The quantitative estimate of drug-likeness (QED) is 0.702. The van der Waals surface area contributed by atoms with Crippen LogP contribution in [-0.4, -0.2) is 67.3 Å². The fraction of sp³-hybridized carbons (Fsp3) is 0.526. The van der Waals surface area contributed by atoms with E-state index in [9.17, 15) is 18.0 Å². The Balaban J connectivity index is 1.54. The third-order valence-corrected chi connectivity index (χ3v) is 7.91. The number of fused-ring (bicyclic) bond motifs is 2. The monoisotopic (exact) mass is 469 g/mol. The fourth-order valence-corrected chi connectivity index (χ4v) is 7.44. The van der Waals surface area contributed by atoms with Crippen LogP contribution in [0, 0.1) is 0 Å². The van der Waals surface area contributed by atoms with E-state index in [1.54, 1.807) is 43.9 Å². The third-order valence-electron chi connectivity index (χ3n) is 4.70. The average Bonchev–Trinajstić information content (AvgIpc) is 3.29. The van der Waals surface area contributed by atoms with Crippen molar-refractivity contribution in [1.29, 1.82) is 0 Å². The first-order valence-electron chi connectivity index (χ1n) is 9.65. The number of thioether (sulfide) groups is 1. The predicted octanol–water partition coefficient (Wildman–Crippen LogP) is 1.54. The van der Waals surface area contributed by atoms with Crippen LogP contribution in [-0.2, 0) is 19.4 Å². The van der Waals surface area contributed by atoms with Gasteiger partial charge in [0.15, 0.2) is 26.5 Å². The smallest absolute Gasteiger partial charge is 0.408 e. The zero-order valence-electron chi connectivity index (χ0n) is 17.3. The van der Waals surface area contributed by atoms with E-state index in [0.29, 0.717) is 22.4 Å². The van der Waals surface area contributed by atoms with Crippen molar-refractivity contribution in [1.82, 2.24) is 5.32 Å². The number of alkyl carbamates (subject to hydrolysis) is 1. The molecular formula is C19H23N3O7S2. The number of nitrogens with one attached hydrogen (secondary N) is 1. The highest BCUT2D eigenvalue weighted by Gasteiger charge is 2.49. The molecule has 0 aliphatic carbocycles. The summed E-state index contributed by atoms with van der Waals surface area (Å²) >= 11 is 1.25. The number of anilines is 1. The van der Waals surface area contributed by atoms with Crippen molar-refractivity contribution in [3.8, 4) is 11.5 Å². The minimum atomic E-state index is -3.18. The van der Waals surface area contributed by atoms with Gasteiger partial charge in [-0.05, 0) is 32.9 Å². The molecule has 0 radical (unpaired) electrons. The van der Waals surface area contributed by atoms with Crippen molar-refractivity contribution < 1.29 is 32.2 Å². The first-order valence-corrected chi connectivity index (χ1v) is 12.4. The minimum absolute atomic E-state index is 0.0206. The summed E-state index contributed by atoms with van der Waals surface area (Å²) in [6.07, 6.45) is -0.712. The van der Waals surface area contributed by atoms with E-state index in [2.05, 4.69) is 10.3 Å². The molecule has 3 aliphatic heterocycles. The highest BCUT2D eigenvalue weighted by Crippen LogP contribution is 2.43. The van der Waals surface area contributed by atoms with Crippen molar-refractivity contribution >= 4 is 44.5 Å². The van der Waals surface area contributed by atoms with Crippen LogP contribution in [0.25, 0.3) is 0 Å². The lowest BCUT2D eigenvalue weighted by molar-refractivity contribution is -0.117. The molecule has 0 aromatic heterocycles. The largest absolute Gasteiger partial charge is 0.454 e. The van der Waals surface area contributed by atoms with Gasteiger partial charge in [0.25, 0.3) is 5.91 Å². The molecule has 1 N–H and O–H groups in total. The van der Waals surface area contributed by atoms with Crippen LogP contribution < -0.4 is 19.7 Å². The number of benzene rings is 1. The van der Waals surface area contributed by atoms with Gasteiger partial charge >= 0.3 is 6.09 Å². The molecule has 0 unspecified atom stereocenters. The zero-order valence-corrected chi connectivity index (χ0v) is 18.9. The molecule has 168 valence electrons. The molecule has 0 saturated carbocycles. The van der Waals surface area contributed by atoms with Crippen LogP contribution in [0.1, 0.15) is 20.8 Å². The molecule has 0 spiro atoms. The summed E-state index contributed by atoms with van der Waals surface area (Å²) in [5, 5.41) is 2.54. The lowest BCUT2D eigenvalue weighted by Gasteiger charge is -2.24. The van der Waals surface area contributed by atoms with Crippen LogP contribution in [0.2, 0.25) is 0 Å². The van der Waals surface area contributed by atoms with Crippen LogP contribution in [0.15, 0.2) is 23.2 Å². The van der Waals surface area contributed by atoms with Crippen LogP contribution >= 0.6 is 11.8 Å². The molecule has 3 heterocycles. The molecule has 4 rings (SSSR count). The standard InChI is InChI=1S/C19H23N3O7S2/c1-19(2,3)29-18(24)20-7-16(23)21-17-22(12-8-31(25,26)9-15(12)30-17)11-4-5-13-14(6-11)28-10-27-13/h4-6,12,15H,7-10H2,1-3H3,(H,20,24)/t12-,15-/m0/s1. The minimum Gasteiger partial charge on any atom is -0.454 e. The Morgan fingerprint density at radius 3 is 2.74 bits per heavy atom. The van der Waals surface area contributed by atoms with Crippen molar-refractivity contribution in [2.75, 3.05) is 29.7 Å². The number of carbonyl (C=O) groups excluding carboxylic acids is 2. The number of amidine groups is 1. The second kappa shape index (κ2) is 7.90. The number of carbonyl (C=O) groups is 2. The molecule has 2 fully saturated rings. The third kappa shape index (κ3) is 4.90.